The Hall–Kier alpha value is -0.720. The summed E-state index contributed by atoms with van der Waals surface area (Å²) in [5.41, 5.74) is 0. The lowest BCUT2D eigenvalue weighted by molar-refractivity contribution is 0.213. The van der Waals surface area contributed by atoms with Gasteiger partial charge >= 0.3 is 0 Å². The van der Waals surface area contributed by atoms with E-state index in [1.807, 2.05) is 0 Å². The van der Waals surface area contributed by atoms with E-state index < -0.39 is 0 Å². The first-order valence-electron chi connectivity index (χ1n) is 5.27. The van der Waals surface area contributed by atoms with Gasteiger partial charge < -0.3 is 4.74 Å². The molecule has 0 spiro atoms. The number of rotatable bonds is 4. The van der Waals surface area contributed by atoms with Crippen LogP contribution in [0.2, 0.25) is 0 Å². The lowest BCUT2D eigenvalue weighted by Crippen LogP contribution is -2.08. The molecule has 0 heterocycles. The van der Waals surface area contributed by atoms with Crippen molar-refractivity contribution in [3.8, 4) is 0 Å². The highest BCUT2D eigenvalue weighted by atomic mass is 16.5. The summed E-state index contributed by atoms with van der Waals surface area (Å²) in [6, 6.07) is 0. The first-order chi connectivity index (χ1) is 6.24. The fourth-order valence-electron chi connectivity index (χ4n) is 1.32. The second-order valence-electron chi connectivity index (χ2n) is 3.85. The van der Waals surface area contributed by atoms with Gasteiger partial charge in [-0.1, -0.05) is 33.3 Å². The Labute approximate surface area is 81.5 Å². The summed E-state index contributed by atoms with van der Waals surface area (Å²) >= 11 is 0. The number of allylic oxidation sites excluding steroid dienone is 3. The SMILES string of the molecule is CCCCOC1=C[C@@H](C)[C@@H](C)C=C1. The molecule has 0 unspecified atom stereocenters. The Bertz CT molecular complexity index is 203. The molecule has 0 saturated carbocycles. The Balaban J connectivity index is 2.35. The molecule has 0 fully saturated rings. The van der Waals surface area contributed by atoms with E-state index in [2.05, 4.69) is 39.0 Å². The van der Waals surface area contributed by atoms with Gasteiger partial charge in [-0.25, -0.2) is 0 Å². The van der Waals surface area contributed by atoms with Crippen molar-refractivity contribution in [1.29, 1.82) is 0 Å². The van der Waals surface area contributed by atoms with Crippen LogP contribution in [0, 0.1) is 11.8 Å². The van der Waals surface area contributed by atoms with E-state index in [-0.39, 0.29) is 0 Å². The van der Waals surface area contributed by atoms with Crippen LogP contribution in [0.15, 0.2) is 24.0 Å². The summed E-state index contributed by atoms with van der Waals surface area (Å²) in [6.45, 7) is 7.50. The molecule has 0 saturated heterocycles. The van der Waals surface area contributed by atoms with Crippen molar-refractivity contribution in [2.24, 2.45) is 11.8 Å². The van der Waals surface area contributed by atoms with Crippen LogP contribution < -0.4 is 0 Å². The summed E-state index contributed by atoms with van der Waals surface area (Å²) in [6.07, 6.45) is 8.89. The van der Waals surface area contributed by atoms with Gasteiger partial charge in [-0.3, -0.25) is 0 Å². The molecular formula is C12H20O. The second kappa shape index (κ2) is 5.11. The summed E-state index contributed by atoms with van der Waals surface area (Å²) in [5, 5.41) is 0. The van der Waals surface area contributed by atoms with Crippen LogP contribution in [0.4, 0.5) is 0 Å². The van der Waals surface area contributed by atoms with Gasteiger partial charge in [0.15, 0.2) is 0 Å². The predicted molar refractivity (Wildman–Crippen MR) is 56.4 cm³/mol. The lowest BCUT2D eigenvalue weighted by atomic mass is 9.91. The van der Waals surface area contributed by atoms with Gasteiger partial charge in [0, 0.05) is 0 Å². The van der Waals surface area contributed by atoms with Crippen LogP contribution in [-0.4, -0.2) is 6.61 Å². The maximum atomic E-state index is 5.62. The molecule has 0 N–H and O–H groups in total. The molecule has 0 radical (unpaired) electrons. The Kier molecular flexibility index (Phi) is 4.07. The van der Waals surface area contributed by atoms with Gasteiger partial charge in [0.25, 0.3) is 0 Å². The quantitative estimate of drug-likeness (QED) is 0.601. The van der Waals surface area contributed by atoms with Crippen LogP contribution in [-0.2, 0) is 4.74 Å². The molecule has 2 atom stereocenters. The zero-order chi connectivity index (χ0) is 9.68. The third kappa shape index (κ3) is 3.25. The molecule has 1 rings (SSSR count). The minimum atomic E-state index is 0.613. The molecule has 1 heteroatoms. The Morgan fingerprint density at radius 2 is 2.08 bits per heavy atom. The third-order valence-electron chi connectivity index (χ3n) is 2.59. The summed E-state index contributed by atoms with van der Waals surface area (Å²) in [4.78, 5) is 0. The average molecular weight is 180 g/mol. The molecule has 0 aliphatic heterocycles. The predicted octanol–water partition coefficient (Wildman–Crippen LogP) is 3.53. The maximum Gasteiger partial charge on any atom is 0.115 e. The average Bonchev–Trinajstić information content (AvgIpc) is 2.12. The molecule has 0 aromatic heterocycles. The Morgan fingerprint density at radius 1 is 1.31 bits per heavy atom. The smallest absolute Gasteiger partial charge is 0.115 e. The molecule has 0 aromatic carbocycles. The fraction of sp³-hybridized carbons (Fsp3) is 0.667. The van der Waals surface area contributed by atoms with Gasteiger partial charge in [-0.15, -0.1) is 0 Å². The molecule has 0 amide bonds. The van der Waals surface area contributed by atoms with Gasteiger partial charge in [0.05, 0.1) is 6.61 Å². The number of unbranched alkanes of at least 4 members (excludes halogenated alkanes) is 1. The van der Waals surface area contributed by atoms with Crippen molar-refractivity contribution in [3.63, 3.8) is 0 Å². The zero-order valence-electron chi connectivity index (χ0n) is 8.92. The normalized spacial score (nSPS) is 27.2. The van der Waals surface area contributed by atoms with Crippen molar-refractivity contribution < 1.29 is 4.74 Å². The molecule has 13 heavy (non-hydrogen) atoms. The van der Waals surface area contributed by atoms with E-state index in [4.69, 9.17) is 4.74 Å². The number of ether oxygens (including phenoxy) is 1. The van der Waals surface area contributed by atoms with E-state index in [0.717, 1.165) is 18.8 Å². The monoisotopic (exact) mass is 180 g/mol. The van der Waals surface area contributed by atoms with Gasteiger partial charge in [-0.2, -0.15) is 0 Å². The zero-order valence-corrected chi connectivity index (χ0v) is 8.92. The Morgan fingerprint density at radius 3 is 2.69 bits per heavy atom. The van der Waals surface area contributed by atoms with Crippen molar-refractivity contribution >= 4 is 0 Å². The van der Waals surface area contributed by atoms with Crippen LogP contribution in [0.5, 0.6) is 0 Å². The van der Waals surface area contributed by atoms with E-state index >= 15 is 0 Å². The minimum absolute atomic E-state index is 0.613. The fourth-order valence-corrected chi connectivity index (χ4v) is 1.32. The minimum Gasteiger partial charge on any atom is -0.494 e. The van der Waals surface area contributed by atoms with Gasteiger partial charge in [0.1, 0.15) is 5.76 Å². The van der Waals surface area contributed by atoms with Crippen LogP contribution in [0.1, 0.15) is 33.6 Å². The molecule has 0 bridgehead atoms. The lowest BCUT2D eigenvalue weighted by Gasteiger charge is -2.19. The van der Waals surface area contributed by atoms with Crippen molar-refractivity contribution in [2.75, 3.05) is 6.61 Å². The molecule has 1 nitrogen and oxygen atoms in total. The largest absolute Gasteiger partial charge is 0.494 e. The van der Waals surface area contributed by atoms with E-state index in [0.29, 0.717) is 11.8 Å². The van der Waals surface area contributed by atoms with E-state index in [1.54, 1.807) is 0 Å². The van der Waals surface area contributed by atoms with Crippen LogP contribution >= 0.6 is 0 Å². The highest BCUT2D eigenvalue weighted by molar-refractivity contribution is 5.19. The molecule has 74 valence electrons. The highest BCUT2D eigenvalue weighted by Crippen LogP contribution is 2.22. The molecular weight excluding hydrogens is 160 g/mol. The van der Waals surface area contributed by atoms with Crippen LogP contribution in [0.3, 0.4) is 0 Å². The summed E-state index contributed by atoms with van der Waals surface area (Å²) in [7, 11) is 0. The van der Waals surface area contributed by atoms with Gasteiger partial charge in [0.2, 0.25) is 0 Å². The third-order valence-corrected chi connectivity index (χ3v) is 2.59. The number of hydrogen-bond donors (Lipinski definition) is 0. The molecule has 1 aliphatic rings. The first-order valence-corrected chi connectivity index (χ1v) is 5.27. The maximum absolute atomic E-state index is 5.62. The molecule has 1 aliphatic carbocycles. The van der Waals surface area contributed by atoms with Gasteiger partial charge in [-0.05, 0) is 30.4 Å². The van der Waals surface area contributed by atoms with Crippen molar-refractivity contribution in [3.05, 3.63) is 24.0 Å². The topological polar surface area (TPSA) is 9.23 Å². The number of hydrogen-bond acceptors (Lipinski definition) is 1. The highest BCUT2D eigenvalue weighted by Gasteiger charge is 2.12. The molecule has 0 aromatic rings. The van der Waals surface area contributed by atoms with E-state index in [9.17, 15) is 0 Å². The van der Waals surface area contributed by atoms with Crippen molar-refractivity contribution in [2.45, 2.75) is 33.6 Å². The van der Waals surface area contributed by atoms with Crippen LogP contribution in [0.25, 0.3) is 0 Å². The van der Waals surface area contributed by atoms with Crippen molar-refractivity contribution in [1.82, 2.24) is 0 Å². The summed E-state index contributed by atoms with van der Waals surface area (Å²) in [5.74, 6) is 2.32. The summed E-state index contributed by atoms with van der Waals surface area (Å²) < 4.78 is 5.62. The van der Waals surface area contributed by atoms with E-state index in [1.165, 1.54) is 6.42 Å². The first kappa shape index (κ1) is 10.4. The standard InChI is InChI=1S/C12H20O/c1-4-5-8-13-12-7-6-10(2)11(3)9-12/h6-7,9-11H,4-5,8H2,1-3H3/t10-,11+/m0/s1. The second-order valence-corrected chi connectivity index (χ2v) is 3.85.